The van der Waals surface area contributed by atoms with E-state index in [-0.39, 0.29) is 11.5 Å². The van der Waals surface area contributed by atoms with Gasteiger partial charge in [-0.25, -0.2) is 0 Å². The molecular formula is C12H17NO. The van der Waals surface area contributed by atoms with Crippen molar-refractivity contribution in [2.45, 2.75) is 44.6 Å². The van der Waals surface area contributed by atoms with Crippen LogP contribution in [0.15, 0.2) is 0 Å². The van der Waals surface area contributed by atoms with Crippen LogP contribution < -0.4 is 0 Å². The fraction of sp³-hybridized carbons (Fsp3) is 0.917. The molecule has 14 heavy (non-hydrogen) atoms. The van der Waals surface area contributed by atoms with E-state index < -0.39 is 0 Å². The summed E-state index contributed by atoms with van der Waals surface area (Å²) in [7, 11) is 0. The molecule has 0 radical (unpaired) electrons. The molecule has 0 amide bonds. The van der Waals surface area contributed by atoms with Gasteiger partial charge in [0.2, 0.25) is 0 Å². The lowest BCUT2D eigenvalue weighted by molar-refractivity contribution is -0.0216. The van der Waals surface area contributed by atoms with Crippen molar-refractivity contribution in [2.75, 3.05) is 0 Å². The quantitative estimate of drug-likeness (QED) is 0.637. The van der Waals surface area contributed by atoms with Crippen molar-refractivity contribution in [3.05, 3.63) is 0 Å². The zero-order chi connectivity index (χ0) is 9.76. The highest BCUT2D eigenvalue weighted by molar-refractivity contribution is 5.23. The van der Waals surface area contributed by atoms with Crippen LogP contribution in [0.3, 0.4) is 0 Å². The summed E-state index contributed by atoms with van der Waals surface area (Å²) in [5.74, 6) is 1.71. The minimum absolute atomic E-state index is 0.307. The Hall–Kier alpha value is -0.550. The molecule has 1 N–H and O–H groups in total. The van der Waals surface area contributed by atoms with Crippen LogP contribution in [0.5, 0.6) is 0 Å². The first-order valence-electron chi connectivity index (χ1n) is 5.87. The normalized spacial score (nSPS) is 55.4. The summed E-state index contributed by atoms with van der Waals surface area (Å²) >= 11 is 0. The first-order valence-corrected chi connectivity index (χ1v) is 5.87. The third-order valence-corrected chi connectivity index (χ3v) is 4.85. The number of nitriles is 1. The van der Waals surface area contributed by atoms with Crippen LogP contribution in [0.4, 0.5) is 0 Å². The number of fused-ring (bicyclic) bond motifs is 2. The lowest BCUT2D eigenvalue weighted by Crippen LogP contribution is -2.41. The van der Waals surface area contributed by atoms with Crippen LogP contribution in [-0.4, -0.2) is 11.2 Å². The van der Waals surface area contributed by atoms with E-state index in [1.165, 1.54) is 25.7 Å². The molecule has 0 bridgehead atoms. The molecule has 76 valence electrons. The maximum atomic E-state index is 10.2. The van der Waals surface area contributed by atoms with Crippen molar-refractivity contribution in [2.24, 2.45) is 23.2 Å². The zero-order valence-electron chi connectivity index (χ0n) is 8.45. The number of hydrogen-bond donors (Lipinski definition) is 1. The number of rotatable bonds is 0. The number of aliphatic hydroxyl groups excluding tert-OH is 1. The van der Waals surface area contributed by atoms with Gasteiger partial charge in [-0.3, -0.25) is 0 Å². The SMILES string of the molecule is N#C[C@]12C[C@H]1C[C@H]1CCCC[C@@H]1[C@H]2O. The van der Waals surface area contributed by atoms with Crippen molar-refractivity contribution in [1.29, 1.82) is 5.26 Å². The van der Waals surface area contributed by atoms with Gasteiger partial charge in [-0.05, 0) is 37.0 Å². The van der Waals surface area contributed by atoms with E-state index in [4.69, 9.17) is 5.26 Å². The van der Waals surface area contributed by atoms with Crippen molar-refractivity contribution in [3.8, 4) is 6.07 Å². The van der Waals surface area contributed by atoms with E-state index in [0.717, 1.165) is 18.8 Å². The molecule has 3 aliphatic rings. The largest absolute Gasteiger partial charge is 0.391 e. The third-order valence-electron chi connectivity index (χ3n) is 4.85. The summed E-state index contributed by atoms with van der Waals surface area (Å²) in [6.07, 6.45) is 6.91. The Kier molecular flexibility index (Phi) is 1.70. The second-order valence-corrected chi connectivity index (χ2v) is 5.44. The van der Waals surface area contributed by atoms with Gasteiger partial charge in [-0.2, -0.15) is 5.26 Å². The molecule has 0 saturated heterocycles. The Balaban J connectivity index is 1.86. The molecule has 0 spiro atoms. The average Bonchev–Trinajstić information content (AvgIpc) is 2.94. The molecule has 0 heterocycles. The van der Waals surface area contributed by atoms with Crippen LogP contribution in [0.1, 0.15) is 38.5 Å². The zero-order valence-corrected chi connectivity index (χ0v) is 8.45. The molecule has 0 aromatic heterocycles. The van der Waals surface area contributed by atoms with Crippen LogP contribution in [0.25, 0.3) is 0 Å². The molecule has 2 heteroatoms. The summed E-state index contributed by atoms with van der Waals surface area (Å²) in [6.45, 7) is 0. The maximum Gasteiger partial charge on any atom is 0.0866 e. The van der Waals surface area contributed by atoms with Gasteiger partial charge >= 0.3 is 0 Å². The van der Waals surface area contributed by atoms with Crippen LogP contribution in [0, 0.1) is 34.5 Å². The molecule has 3 rings (SSSR count). The highest BCUT2D eigenvalue weighted by Gasteiger charge is 2.65. The van der Waals surface area contributed by atoms with E-state index in [0.29, 0.717) is 11.8 Å². The van der Waals surface area contributed by atoms with Crippen LogP contribution in [-0.2, 0) is 0 Å². The predicted octanol–water partition coefficient (Wildman–Crippen LogP) is 2.09. The smallest absolute Gasteiger partial charge is 0.0866 e. The number of nitrogens with zero attached hydrogens (tertiary/aromatic N) is 1. The van der Waals surface area contributed by atoms with Crippen LogP contribution in [0.2, 0.25) is 0 Å². The number of aliphatic hydroxyl groups is 1. The first-order chi connectivity index (χ1) is 6.78. The fourth-order valence-corrected chi connectivity index (χ4v) is 3.90. The molecule has 3 aliphatic carbocycles. The molecule has 0 aromatic rings. The van der Waals surface area contributed by atoms with E-state index >= 15 is 0 Å². The van der Waals surface area contributed by atoms with E-state index in [2.05, 4.69) is 6.07 Å². The minimum atomic E-state index is -0.309. The van der Waals surface area contributed by atoms with Crippen molar-refractivity contribution in [3.63, 3.8) is 0 Å². The second kappa shape index (κ2) is 2.73. The summed E-state index contributed by atoms with van der Waals surface area (Å²) in [6, 6.07) is 2.39. The van der Waals surface area contributed by atoms with E-state index in [1.54, 1.807) is 0 Å². The van der Waals surface area contributed by atoms with Gasteiger partial charge in [-0.1, -0.05) is 19.3 Å². The third kappa shape index (κ3) is 0.941. The summed E-state index contributed by atoms with van der Waals surface area (Å²) in [5, 5.41) is 19.4. The predicted molar refractivity (Wildman–Crippen MR) is 52.2 cm³/mol. The minimum Gasteiger partial charge on any atom is -0.391 e. The fourth-order valence-electron chi connectivity index (χ4n) is 3.90. The van der Waals surface area contributed by atoms with Crippen LogP contribution >= 0.6 is 0 Å². The molecule has 3 saturated carbocycles. The molecule has 0 unspecified atom stereocenters. The van der Waals surface area contributed by atoms with Gasteiger partial charge in [0.05, 0.1) is 17.6 Å². The van der Waals surface area contributed by atoms with Crippen molar-refractivity contribution >= 4 is 0 Å². The summed E-state index contributed by atoms with van der Waals surface area (Å²) in [4.78, 5) is 0. The van der Waals surface area contributed by atoms with Gasteiger partial charge in [0, 0.05) is 0 Å². The Bertz CT molecular complexity index is 295. The Labute approximate surface area is 84.9 Å². The Morgan fingerprint density at radius 3 is 2.86 bits per heavy atom. The maximum absolute atomic E-state index is 10.2. The summed E-state index contributed by atoms with van der Waals surface area (Å²) < 4.78 is 0. The molecule has 5 atom stereocenters. The standard InChI is InChI=1S/C12H17NO/c13-7-12-6-9(12)5-8-3-1-2-4-10(8)11(12)14/h8-11,14H,1-6H2/t8-,9-,10+,11-,12-/m1/s1. The lowest BCUT2D eigenvalue weighted by atomic mass is 9.66. The summed E-state index contributed by atoms with van der Waals surface area (Å²) in [5.41, 5.74) is -0.307. The monoisotopic (exact) mass is 191 g/mol. The van der Waals surface area contributed by atoms with Gasteiger partial charge in [0.1, 0.15) is 0 Å². The average molecular weight is 191 g/mol. The van der Waals surface area contributed by atoms with Gasteiger partial charge in [0.15, 0.2) is 0 Å². The van der Waals surface area contributed by atoms with Crippen molar-refractivity contribution in [1.82, 2.24) is 0 Å². The lowest BCUT2D eigenvalue weighted by Gasteiger charge is -2.40. The number of hydrogen-bond acceptors (Lipinski definition) is 2. The van der Waals surface area contributed by atoms with E-state index in [9.17, 15) is 5.11 Å². The van der Waals surface area contributed by atoms with Gasteiger partial charge in [0.25, 0.3) is 0 Å². The van der Waals surface area contributed by atoms with Gasteiger partial charge in [-0.15, -0.1) is 0 Å². The van der Waals surface area contributed by atoms with Crippen molar-refractivity contribution < 1.29 is 5.11 Å². The highest BCUT2D eigenvalue weighted by atomic mass is 16.3. The van der Waals surface area contributed by atoms with Gasteiger partial charge < -0.3 is 5.11 Å². The molecule has 3 fully saturated rings. The molecule has 2 nitrogen and oxygen atoms in total. The Morgan fingerprint density at radius 1 is 1.29 bits per heavy atom. The molecular weight excluding hydrogens is 174 g/mol. The second-order valence-electron chi connectivity index (χ2n) is 5.44. The molecule has 0 aliphatic heterocycles. The highest BCUT2D eigenvalue weighted by Crippen LogP contribution is 2.65. The topological polar surface area (TPSA) is 44.0 Å². The molecule has 0 aromatic carbocycles. The first kappa shape index (κ1) is 8.73. The van der Waals surface area contributed by atoms with E-state index in [1.807, 2.05) is 0 Å². The Morgan fingerprint density at radius 2 is 2.07 bits per heavy atom.